The van der Waals surface area contributed by atoms with Gasteiger partial charge >= 0.3 is 6.18 Å². The van der Waals surface area contributed by atoms with Gasteiger partial charge in [-0.15, -0.1) is 0 Å². The maximum Gasteiger partial charge on any atom is 0.407 e. The third-order valence-electron chi connectivity index (χ3n) is 7.95. The first-order valence-corrected chi connectivity index (χ1v) is 15.4. The zero-order valence-corrected chi connectivity index (χ0v) is 24.5. The normalized spacial score (nSPS) is 19.6. The molecule has 0 radical (unpaired) electrons. The Morgan fingerprint density at radius 3 is 2.36 bits per heavy atom. The molecule has 2 heterocycles. The topological polar surface area (TPSA) is 119 Å². The minimum atomic E-state index is -4.74. The molecule has 1 saturated heterocycles. The van der Waals surface area contributed by atoms with Gasteiger partial charge in [-0.1, -0.05) is 26.0 Å². The van der Waals surface area contributed by atoms with Crippen LogP contribution in [0.15, 0.2) is 45.7 Å². The van der Waals surface area contributed by atoms with Gasteiger partial charge in [0.2, 0.25) is 15.9 Å². The highest BCUT2D eigenvalue weighted by Crippen LogP contribution is 2.38. The number of piperazine rings is 1. The van der Waals surface area contributed by atoms with E-state index in [1.165, 1.54) is 40.7 Å². The van der Waals surface area contributed by atoms with Gasteiger partial charge in [0.25, 0.3) is 0 Å². The molecule has 2 fully saturated rings. The number of hydrogen-bond acceptors (Lipinski definition) is 7. The molecule has 42 heavy (non-hydrogen) atoms. The van der Waals surface area contributed by atoms with Crippen LogP contribution in [-0.2, 0) is 14.8 Å². The highest BCUT2D eigenvalue weighted by atomic mass is 32.2. The summed E-state index contributed by atoms with van der Waals surface area (Å²) < 4.78 is 77.1. The van der Waals surface area contributed by atoms with Crippen LogP contribution >= 0.6 is 0 Å². The van der Waals surface area contributed by atoms with E-state index >= 15 is 0 Å². The largest absolute Gasteiger partial charge is 0.456 e. The molecule has 0 spiro atoms. The molecular formula is C29H34F3N5O4S. The van der Waals surface area contributed by atoms with E-state index in [0.29, 0.717) is 55.4 Å². The smallest absolute Gasteiger partial charge is 0.407 e. The fraction of sp³-hybridized carbons (Fsp3) is 0.517. The predicted molar refractivity (Wildman–Crippen MR) is 151 cm³/mol. The number of nitrogens with one attached hydrogen (secondary N) is 2. The molecule has 1 saturated carbocycles. The number of benzene rings is 2. The molecule has 0 unspecified atom stereocenters. The number of amides is 1. The molecule has 1 aliphatic heterocycles. The van der Waals surface area contributed by atoms with E-state index in [9.17, 15) is 31.6 Å². The van der Waals surface area contributed by atoms with Gasteiger partial charge in [0.05, 0.1) is 17.0 Å². The van der Waals surface area contributed by atoms with Crippen LogP contribution in [0.2, 0.25) is 0 Å². The fourth-order valence-electron chi connectivity index (χ4n) is 5.31. The molecule has 1 aromatic heterocycles. The Kier molecular flexibility index (Phi) is 8.04. The molecule has 0 bridgehead atoms. The minimum Gasteiger partial charge on any atom is -0.456 e. The minimum absolute atomic E-state index is 0.0893. The number of sulfonamides is 1. The molecule has 1 aliphatic carbocycles. The lowest BCUT2D eigenvalue weighted by Gasteiger charge is -2.31. The second kappa shape index (κ2) is 11.1. The molecule has 9 nitrogen and oxygen atoms in total. The molecular weight excluding hydrogens is 571 g/mol. The Labute approximate surface area is 242 Å². The fourth-order valence-corrected chi connectivity index (χ4v) is 6.76. The Balaban J connectivity index is 1.46. The lowest BCUT2D eigenvalue weighted by Crippen LogP contribution is -2.52. The number of alkyl halides is 3. The van der Waals surface area contributed by atoms with Crippen LogP contribution in [0.25, 0.3) is 21.9 Å². The molecule has 2 N–H and O–H groups in total. The van der Waals surface area contributed by atoms with Crippen LogP contribution in [0.4, 0.5) is 13.2 Å². The van der Waals surface area contributed by atoms with Crippen molar-refractivity contribution < 1.29 is 30.8 Å². The summed E-state index contributed by atoms with van der Waals surface area (Å²) in [5.74, 6) is -0.732. The van der Waals surface area contributed by atoms with Crippen molar-refractivity contribution >= 4 is 37.9 Å². The second-order valence-electron chi connectivity index (χ2n) is 11.7. The van der Waals surface area contributed by atoms with Crippen LogP contribution in [0.1, 0.15) is 44.7 Å². The van der Waals surface area contributed by atoms with Crippen molar-refractivity contribution in [2.24, 2.45) is 5.92 Å². The first kappa shape index (κ1) is 30.3. The zero-order chi connectivity index (χ0) is 30.4. The van der Waals surface area contributed by atoms with Gasteiger partial charge in [0.1, 0.15) is 22.7 Å². The first-order chi connectivity index (χ1) is 19.7. The Morgan fingerprint density at radius 1 is 1.07 bits per heavy atom. The van der Waals surface area contributed by atoms with E-state index in [2.05, 4.69) is 10.6 Å². The first-order valence-electron chi connectivity index (χ1n) is 13.9. The van der Waals surface area contributed by atoms with Gasteiger partial charge in [-0.25, -0.2) is 8.42 Å². The number of rotatable bonds is 9. The van der Waals surface area contributed by atoms with Crippen LogP contribution in [0, 0.1) is 17.2 Å². The van der Waals surface area contributed by atoms with Gasteiger partial charge in [0.15, 0.2) is 0 Å². The predicted octanol–water partition coefficient (Wildman–Crippen LogP) is 4.30. The number of halogens is 3. The van der Waals surface area contributed by atoms with Crippen LogP contribution in [-0.4, -0.2) is 74.5 Å². The van der Waals surface area contributed by atoms with Crippen LogP contribution in [0.5, 0.6) is 0 Å². The van der Waals surface area contributed by atoms with Gasteiger partial charge in [-0.2, -0.15) is 22.7 Å². The number of carbonyl (C=O) groups excluding carboxylic acids is 1. The summed E-state index contributed by atoms with van der Waals surface area (Å²) in [6, 6.07) is 7.20. The number of hydrogen-bond donors (Lipinski definition) is 2. The molecule has 2 aromatic carbocycles. The standard InChI is InChI=1S/C29H34F3N5O4S/c1-18(2)14-23(27(38)35-28(17-33)8-9-28)34-26(29(30,31)32)19-4-6-21-22-16-20(5-7-24(22)41-25(21)15-19)42(39,40)37-12-10-36(3)11-13-37/h4-7,15-16,18,23,26,34H,8-14H2,1-3H3,(H,35,38)/t23-,26-/m0/s1. The summed E-state index contributed by atoms with van der Waals surface area (Å²) in [6.07, 6.45) is -3.68. The van der Waals surface area contributed by atoms with E-state index in [-0.39, 0.29) is 28.4 Å². The zero-order valence-electron chi connectivity index (χ0n) is 23.7. The maximum atomic E-state index is 14.4. The number of furan rings is 1. The average Bonchev–Trinajstić information content (AvgIpc) is 3.60. The SMILES string of the molecule is CC(C)C[C@H](N[C@@H](c1ccc2c(c1)oc1ccc(S(=O)(=O)N3CCN(C)CC3)cc12)C(F)(F)F)C(=O)NC1(C#N)CC1. The summed E-state index contributed by atoms with van der Waals surface area (Å²) >= 11 is 0. The maximum absolute atomic E-state index is 14.4. The van der Waals surface area contributed by atoms with Crippen molar-refractivity contribution in [2.45, 2.75) is 61.8 Å². The summed E-state index contributed by atoms with van der Waals surface area (Å²) in [7, 11) is -1.83. The van der Waals surface area contributed by atoms with Gasteiger partial charge in [-0.05, 0) is 62.1 Å². The Morgan fingerprint density at radius 2 is 1.76 bits per heavy atom. The van der Waals surface area contributed by atoms with E-state index in [1.807, 2.05) is 18.0 Å². The Bertz CT molecular complexity index is 1630. The van der Waals surface area contributed by atoms with Crippen LogP contribution in [0.3, 0.4) is 0 Å². The number of fused-ring (bicyclic) bond motifs is 3. The van der Waals surface area contributed by atoms with Gasteiger partial charge in [0, 0.05) is 37.0 Å². The lowest BCUT2D eigenvalue weighted by molar-refractivity contribution is -0.161. The molecule has 5 rings (SSSR count). The van der Waals surface area contributed by atoms with Crippen molar-refractivity contribution in [3.63, 3.8) is 0 Å². The number of carbonyl (C=O) groups is 1. The number of likely N-dealkylation sites (N-methyl/N-ethyl adjacent to an activating group) is 1. The lowest BCUT2D eigenvalue weighted by atomic mass is 9.98. The van der Waals surface area contributed by atoms with E-state index in [4.69, 9.17) is 4.42 Å². The average molecular weight is 606 g/mol. The van der Waals surface area contributed by atoms with Crippen molar-refractivity contribution in [1.29, 1.82) is 5.26 Å². The van der Waals surface area contributed by atoms with Crippen LogP contribution < -0.4 is 10.6 Å². The van der Waals surface area contributed by atoms with E-state index < -0.39 is 39.7 Å². The molecule has 2 aliphatic rings. The third-order valence-corrected chi connectivity index (χ3v) is 9.84. The quantitative estimate of drug-likeness (QED) is 0.373. The second-order valence-corrected chi connectivity index (χ2v) is 13.7. The number of nitriles is 1. The monoisotopic (exact) mass is 605 g/mol. The molecule has 13 heteroatoms. The highest BCUT2D eigenvalue weighted by molar-refractivity contribution is 7.89. The van der Waals surface area contributed by atoms with Crippen molar-refractivity contribution in [2.75, 3.05) is 33.2 Å². The highest BCUT2D eigenvalue weighted by Gasteiger charge is 2.47. The summed E-state index contributed by atoms with van der Waals surface area (Å²) in [5.41, 5.74) is -0.647. The third kappa shape index (κ3) is 6.13. The van der Waals surface area contributed by atoms with E-state index in [0.717, 1.165) is 0 Å². The molecule has 226 valence electrons. The molecule has 2 atom stereocenters. The summed E-state index contributed by atoms with van der Waals surface area (Å²) in [6.45, 7) is 5.58. The molecule has 1 amide bonds. The summed E-state index contributed by atoms with van der Waals surface area (Å²) in [4.78, 5) is 15.1. The van der Waals surface area contributed by atoms with E-state index in [1.54, 1.807) is 13.8 Å². The number of nitrogens with zero attached hydrogens (tertiary/aromatic N) is 3. The van der Waals surface area contributed by atoms with Crippen molar-refractivity contribution in [3.05, 3.63) is 42.0 Å². The Hall–Kier alpha value is -3.18. The van der Waals surface area contributed by atoms with Crippen molar-refractivity contribution in [1.82, 2.24) is 19.8 Å². The van der Waals surface area contributed by atoms with Gasteiger partial charge in [-0.3, -0.25) is 10.1 Å². The summed E-state index contributed by atoms with van der Waals surface area (Å²) in [5, 5.41) is 15.4. The van der Waals surface area contributed by atoms with Gasteiger partial charge < -0.3 is 14.6 Å². The molecule has 3 aromatic rings. The van der Waals surface area contributed by atoms with Crippen molar-refractivity contribution in [3.8, 4) is 6.07 Å².